The Morgan fingerprint density at radius 1 is 0.900 bits per heavy atom. The summed E-state index contributed by atoms with van der Waals surface area (Å²) in [5.74, 6) is 1.02. The van der Waals surface area contributed by atoms with Crippen molar-refractivity contribution in [3.63, 3.8) is 0 Å². The smallest absolute Gasteiger partial charge is 0.131 e. The van der Waals surface area contributed by atoms with Gasteiger partial charge in [0.15, 0.2) is 0 Å². The van der Waals surface area contributed by atoms with Crippen LogP contribution in [0.3, 0.4) is 0 Å². The van der Waals surface area contributed by atoms with Gasteiger partial charge in [-0.2, -0.15) is 0 Å². The van der Waals surface area contributed by atoms with Crippen LogP contribution in [0.15, 0.2) is 54.6 Å². The van der Waals surface area contributed by atoms with Crippen LogP contribution in [0.5, 0.6) is 0 Å². The molecule has 1 heterocycles. The molecule has 1 nitrogen and oxygen atoms in total. The van der Waals surface area contributed by atoms with Crippen molar-refractivity contribution in [1.29, 1.82) is 0 Å². The van der Waals surface area contributed by atoms with Gasteiger partial charge in [-0.05, 0) is 25.8 Å². The molecular formula is C19H20O. The Morgan fingerprint density at radius 3 is 2.25 bits per heavy atom. The first kappa shape index (κ1) is 13.0. The lowest BCUT2D eigenvalue weighted by Crippen LogP contribution is -2.26. The Labute approximate surface area is 120 Å². The van der Waals surface area contributed by atoms with Crippen LogP contribution < -0.4 is 0 Å². The van der Waals surface area contributed by atoms with E-state index in [2.05, 4.69) is 69.3 Å². The topological polar surface area (TPSA) is 9.23 Å². The van der Waals surface area contributed by atoms with Gasteiger partial charge in [0, 0.05) is 16.7 Å². The van der Waals surface area contributed by atoms with Gasteiger partial charge in [-0.3, -0.25) is 0 Å². The third-order valence-corrected chi connectivity index (χ3v) is 3.92. The fraction of sp³-hybridized carbons (Fsp3) is 0.263. The van der Waals surface area contributed by atoms with Gasteiger partial charge in [0.2, 0.25) is 0 Å². The highest BCUT2D eigenvalue weighted by Gasteiger charge is 2.33. The highest BCUT2D eigenvalue weighted by atomic mass is 16.5. The molecule has 0 saturated carbocycles. The molecule has 0 N–H and O–H groups in total. The summed E-state index contributed by atoms with van der Waals surface area (Å²) in [5, 5.41) is 0. The fourth-order valence-corrected chi connectivity index (χ4v) is 2.94. The summed E-state index contributed by atoms with van der Waals surface area (Å²) in [5.41, 5.74) is 4.76. The molecule has 20 heavy (non-hydrogen) atoms. The molecule has 1 aliphatic rings. The minimum atomic E-state index is -0.291. The van der Waals surface area contributed by atoms with Crippen LogP contribution in [0.2, 0.25) is 0 Å². The van der Waals surface area contributed by atoms with Crippen molar-refractivity contribution in [2.24, 2.45) is 0 Å². The van der Waals surface area contributed by atoms with Gasteiger partial charge in [-0.15, -0.1) is 0 Å². The second-order valence-corrected chi connectivity index (χ2v) is 5.69. The van der Waals surface area contributed by atoms with Crippen LogP contribution in [0.4, 0.5) is 0 Å². The predicted molar refractivity (Wildman–Crippen MR) is 84.1 cm³/mol. The monoisotopic (exact) mass is 264 g/mol. The van der Waals surface area contributed by atoms with E-state index in [1.807, 2.05) is 6.07 Å². The number of ether oxygens (including phenoxy) is 1. The summed E-state index contributed by atoms with van der Waals surface area (Å²) >= 11 is 0. The van der Waals surface area contributed by atoms with Crippen molar-refractivity contribution in [3.8, 4) is 0 Å². The lowest BCUT2D eigenvalue weighted by molar-refractivity contribution is 0.0717. The molecular weight excluding hydrogens is 244 g/mol. The van der Waals surface area contributed by atoms with E-state index in [4.69, 9.17) is 4.74 Å². The molecule has 3 rings (SSSR count). The zero-order valence-corrected chi connectivity index (χ0v) is 12.3. The lowest BCUT2D eigenvalue weighted by Gasteiger charge is -2.36. The first-order valence-electron chi connectivity index (χ1n) is 7.21. The molecule has 0 aromatic heterocycles. The summed E-state index contributed by atoms with van der Waals surface area (Å²) in [6.45, 7) is 6.47. The second-order valence-electron chi connectivity index (χ2n) is 5.69. The molecule has 2 aromatic rings. The average Bonchev–Trinajstić information content (AvgIpc) is 2.48. The summed E-state index contributed by atoms with van der Waals surface area (Å²) in [4.78, 5) is 0. The Bertz CT molecular complexity index is 650. The Balaban J connectivity index is 2.25. The van der Waals surface area contributed by atoms with Crippen LogP contribution >= 0.6 is 0 Å². The summed E-state index contributed by atoms with van der Waals surface area (Å²) in [6, 6.07) is 19.0. The van der Waals surface area contributed by atoms with E-state index in [1.54, 1.807) is 0 Å². The van der Waals surface area contributed by atoms with Crippen molar-refractivity contribution in [3.05, 3.63) is 71.3 Å². The summed E-state index contributed by atoms with van der Waals surface area (Å²) in [7, 11) is 0. The van der Waals surface area contributed by atoms with Crippen LogP contribution in [-0.4, -0.2) is 0 Å². The van der Waals surface area contributed by atoms with Crippen LogP contribution in [-0.2, 0) is 10.3 Å². The maximum absolute atomic E-state index is 6.37. The van der Waals surface area contributed by atoms with Gasteiger partial charge >= 0.3 is 0 Å². The van der Waals surface area contributed by atoms with E-state index in [1.165, 1.54) is 16.7 Å². The van der Waals surface area contributed by atoms with E-state index in [-0.39, 0.29) is 5.60 Å². The van der Waals surface area contributed by atoms with E-state index in [9.17, 15) is 0 Å². The van der Waals surface area contributed by atoms with Gasteiger partial charge in [-0.25, -0.2) is 0 Å². The molecule has 102 valence electrons. The van der Waals surface area contributed by atoms with E-state index < -0.39 is 0 Å². The number of hydrogen-bond donors (Lipinski definition) is 0. The van der Waals surface area contributed by atoms with Crippen LogP contribution in [0.1, 0.15) is 43.9 Å². The first-order valence-corrected chi connectivity index (χ1v) is 7.21. The Morgan fingerprint density at radius 2 is 1.55 bits per heavy atom. The highest BCUT2D eigenvalue weighted by molar-refractivity contribution is 5.90. The average molecular weight is 264 g/mol. The zero-order valence-electron chi connectivity index (χ0n) is 12.3. The molecule has 0 amide bonds. The van der Waals surface area contributed by atoms with Crippen molar-refractivity contribution >= 4 is 11.3 Å². The number of benzene rings is 2. The number of rotatable bonds is 2. The molecule has 0 radical (unpaired) electrons. The molecule has 2 aromatic carbocycles. The van der Waals surface area contributed by atoms with E-state index >= 15 is 0 Å². The lowest BCUT2D eigenvalue weighted by atomic mass is 9.84. The quantitative estimate of drug-likeness (QED) is 0.721. The van der Waals surface area contributed by atoms with Gasteiger partial charge in [0.25, 0.3) is 0 Å². The van der Waals surface area contributed by atoms with Crippen LogP contribution in [0.25, 0.3) is 11.3 Å². The van der Waals surface area contributed by atoms with E-state index in [0.717, 1.165) is 17.7 Å². The standard InChI is InChI=1S/C19H20O/c1-4-15-16-12-8-9-13-17(16)19(2,3)20-18(15)14-10-6-5-7-11-14/h5-13H,4H2,1-3H3. The second kappa shape index (κ2) is 4.82. The first-order chi connectivity index (χ1) is 9.63. The molecule has 0 fully saturated rings. The molecule has 0 aliphatic carbocycles. The highest BCUT2D eigenvalue weighted by Crippen LogP contribution is 2.44. The number of allylic oxidation sites excluding steroid dienone is 1. The zero-order chi connectivity index (χ0) is 14.2. The largest absolute Gasteiger partial charge is 0.482 e. The maximum atomic E-state index is 6.37. The molecule has 0 bridgehead atoms. The Kier molecular flexibility index (Phi) is 3.13. The maximum Gasteiger partial charge on any atom is 0.131 e. The molecule has 0 unspecified atom stereocenters. The molecule has 0 saturated heterocycles. The summed E-state index contributed by atoms with van der Waals surface area (Å²) < 4.78 is 6.37. The van der Waals surface area contributed by atoms with Gasteiger partial charge in [0.1, 0.15) is 11.4 Å². The summed E-state index contributed by atoms with van der Waals surface area (Å²) in [6.07, 6.45) is 0.970. The van der Waals surface area contributed by atoms with Gasteiger partial charge in [0.05, 0.1) is 0 Å². The Hall–Kier alpha value is -2.02. The molecule has 1 aliphatic heterocycles. The van der Waals surface area contributed by atoms with Crippen LogP contribution in [0, 0.1) is 0 Å². The third kappa shape index (κ3) is 2.03. The minimum Gasteiger partial charge on any atom is -0.482 e. The van der Waals surface area contributed by atoms with Gasteiger partial charge in [-0.1, -0.05) is 61.5 Å². The SMILES string of the molecule is CCC1=C(c2ccccc2)OC(C)(C)c2ccccc21. The van der Waals surface area contributed by atoms with Crippen molar-refractivity contribution in [2.75, 3.05) is 0 Å². The predicted octanol–water partition coefficient (Wildman–Crippen LogP) is 5.23. The number of fused-ring (bicyclic) bond motifs is 1. The molecule has 0 atom stereocenters. The molecule has 0 spiro atoms. The third-order valence-electron chi connectivity index (χ3n) is 3.92. The van der Waals surface area contributed by atoms with Crippen molar-refractivity contribution in [1.82, 2.24) is 0 Å². The normalized spacial score (nSPS) is 16.6. The van der Waals surface area contributed by atoms with Crippen molar-refractivity contribution in [2.45, 2.75) is 32.8 Å². The fourth-order valence-electron chi connectivity index (χ4n) is 2.94. The number of hydrogen-bond acceptors (Lipinski definition) is 1. The van der Waals surface area contributed by atoms with Crippen molar-refractivity contribution < 1.29 is 4.74 Å². The minimum absolute atomic E-state index is 0.291. The van der Waals surface area contributed by atoms with E-state index in [0.29, 0.717) is 0 Å². The van der Waals surface area contributed by atoms with Gasteiger partial charge < -0.3 is 4.74 Å². The molecule has 1 heteroatoms.